The van der Waals surface area contributed by atoms with Gasteiger partial charge in [0.2, 0.25) is 0 Å². The molecule has 0 radical (unpaired) electrons. The Morgan fingerprint density at radius 3 is 3.04 bits per heavy atom. The highest BCUT2D eigenvalue weighted by Crippen LogP contribution is 2.29. The molecule has 0 bridgehead atoms. The molecule has 130 valence electrons. The van der Waals surface area contributed by atoms with Crippen LogP contribution in [-0.2, 0) is 20.7 Å². The van der Waals surface area contributed by atoms with Crippen molar-refractivity contribution in [3.8, 4) is 0 Å². The molecule has 0 aromatic carbocycles. The van der Waals surface area contributed by atoms with Crippen molar-refractivity contribution in [1.82, 2.24) is 14.7 Å². The lowest BCUT2D eigenvalue weighted by Crippen LogP contribution is -2.45. The molecule has 1 fully saturated rings. The Morgan fingerprint density at radius 2 is 2.25 bits per heavy atom. The van der Waals surface area contributed by atoms with Crippen LogP contribution >= 0.6 is 11.3 Å². The number of rotatable bonds is 5. The van der Waals surface area contributed by atoms with Crippen molar-refractivity contribution in [2.24, 2.45) is 11.8 Å². The molecule has 2 aromatic heterocycles. The first-order valence-corrected chi connectivity index (χ1v) is 9.27. The topological polar surface area (TPSA) is 72.7 Å². The quantitative estimate of drug-likeness (QED) is 0.842. The van der Waals surface area contributed by atoms with Crippen molar-refractivity contribution in [3.05, 3.63) is 23.5 Å². The number of ether oxygens (including phenoxy) is 1. The van der Waals surface area contributed by atoms with Crippen molar-refractivity contribution in [1.29, 1.82) is 0 Å². The van der Waals surface area contributed by atoms with Gasteiger partial charge in [-0.25, -0.2) is 4.98 Å². The summed E-state index contributed by atoms with van der Waals surface area (Å²) >= 11 is 1.51. The van der Waals surface area contributed by atoms with Crippen LogP contribution in [0.1, 0.15) is 38.8 Å². The van der Waals surface area contributed by atoms with Gasteiger partial charge < -0.3 is 10.1 Å². The molecule has 0 spiro atoms. The molecule has 3 rings (SSSR count). The second-order valence-corrected chi connectivity index (χ2v) is 7.48. The number of carbonyl (C=O) groups excluding carboxylic acids is 2. The Labute approximate surface area is 145 Å². The fourth-order valence-electron chi connectivity index (χ4n) is 3.24. The number of hydrogen-bond donors (Lipinski definition) is 1. The Hall–Kier alpha value is -1.89. The predicted molar refractivity (Wildman–Crippen MR) is 91.8 cm³/mol. The molecule has 7 heteroatoms. The number of thiazole rings is 1. The first kappa shape index (κ1) is 17.0. The highest BCUT2D eigenvalue weighted by atomic mass is 32.1. The molecule has 2 heterocycles. The third-order valence-electron chi connectivity index (χ3n) is 4.89. The molecule has 1 amide bonds. The van der Waals surface area contributed by atoms with Gasteiger partial charge in [0, 0.05) is 23.8 Å². The van der Waals surface area contributed by atoms with E-state index in [-0.39, 0.29) is 25.0 Å². The highest BCUT2D eigenvalue weighted by Gasteiger charge is 2.28. The van der Waals surface area contributed by atoms with Crippen molar-refractivity contribution >= 4 is 28.2 Å². The third-order valence-corrected chi connectivity index (χ3v) is 5.66. The van der Waals surface area contributed by atoms with E-state index < -0.39 is 5.97 Å². The van der Waals surface area contributed by atoms with E-state index in [9.17, 15) is 9.59 Å². The number of hydrogen-bond acceptors (Lipinski definition) is 5. The summed E-state index contributed by atoms with van der Waals surface area (Å²) in [5, 5.41) is 4.93. The number of esters is 1. The van der Waals surface area contributed by atoms with Crippen LogP contribution in [0.4, 0.5) is 0 Å². The molecule has 6 nitrogen and oxygen atoms in total. The number of amides is 1. The maximum Gasteiger partial charge on any atom is 0.312 e. The summed E-state index contributed by atoms with van der Waals surface area (Å²) in [4.78, 5) is 29.1. The van der Waals surface area contributed by atoms with Gasteiger partial charge in [-0.15, -0.1) is 11.3 Å². The summed E-state index contributed by atoms with van der Waals surface area (Å²) in [6, 6.07) is 0.180. The van der Waals surface area contributed by atoms with Gasteiger partial charge in [-0.1, -0.05) is 26.7 Å². The number of nitrogens with one attached hydrogen (secondary N) is 1. The van der Waals surface area contributed by atoms with Gasteiger partial charge in [0.15, 0.2) is 11.6 Å². The van der Waals surface area contributed by atoms with Gasteiger partial charge >= 0.3 is 5.97 Å². The van der Waals surface area contributed by atoms with Gasteiger partial charge in [-0.3, -0.25) is 14.0 Å². The Bertz CT molecular complexity index is 695. The lowest BCUT2D eigenvalue weighted by Gasteiger charge is -2.34. The third kappa shape index (κ3) is 3.95. The molecule has 24 heavy (non-hydrogen) atoms. The lowest BCUT2D eigenvalue weighted by molar-refractivity contribution is -0.148. The summed E-state index contributed by atoms with van der Waals surface area (Å²) in [6.07, 6.45) is 7.12. The number of imidazole rings is 1. The predicted octanol–water partition coefficient (Wildman–Crippen LogP) is 2.42. The van der Waals surface area contributed by atoms with E-state index in [0.717, 1.165) is 17.8 Å². The van der Waals surface area contributed by atoms with Gasteiger partial charge in [0.1, 0.15) is 0 Å². The zero-order chi connectivity index (χ0) is 17.1. The van der Waals surface area contributed by atoms with Crippen molar-refractivity contribution < 1.29 is 14.3 Å². The van der Waals surface area contributed by atoms with Crippen LogP contribution < -0.4 is 5.32 Å². The van der Waals surface area contributed by atoms with Crippen molar-refractivity contribution in [2.45, 2.75) is 45.6 Å². The van der Waals surface area contributed by atoms with Crippen molar-refractivity contribution in [2.75, 3.05) is 6.61 Å². The van der Waals surface area contributed by atoms with E-state index in [1.54, 1.807) is 6.20 Å². The Kier molecular flexibility index (Phi) is 5.18. The first-order valence-electron chi connectivity index (χ1n) is 8.39. The van der Waals surface area contributed by atoms with E-state index >= 15 is 0 Å². The monoisotopic (exact) mass is 349 g/mol. The average molecular weight is 349 g/mol. The van der Waals surface area contributed by atoms with E-state index in [1.165, 1.54) is 17.8 Å². The number of carbonyl (C=O) groups is 2. The van der Waals surface area contributed by atoms with Crippen LogP contribution in [0.2, 0.25) is 0 Å². The zero-order valence-corrected chi connectivity index (χ0v) is 14.8. The van der Waals surface area contributed by atoms with Gasteiger partial charge in [0.05, 0.1) is 12.1 Å². The smallest absolute Gasteiger partial charge is 0.312 e. The zero-order valence-electron chi connectivity index (χ0n) is 14.0. The molecule has 1 saturated carbocycles. The average Bonchev–Trinajstić information content (AvgIpc) is 3.11. The number of aromatic nitrogens is 2. The van der Waals surface area contributed by atoms with Crippen LogP contribution in [0.15, 0.2) is 17.8 Å². The van der Waals surface area contributed by atoms with Crippen LogP contribution in [0.25, 0.3) is 4.96 Å². The first-order chi connectivity index (χ1) is 11.5. The van der Waals surface area contributed by atoms with Crippen LogP contribution in [0.3, 0.4) is 0 Å². The summed E-state index contributed by atoms with van der Waals surface area (Å²) in [6.45, 7) is 4.17. The molecule has 1 aliphatic carbocycles. The highest BCUT2D eigenvalue weighted by molar-refractivity contribution is 7.15. The molecule has 3 atom stereocenters. The summed E-state index contributed by atoms with van der Waals surface area (Å²) < 4.78 is 6.95. The molecular weight excluding hydrogens is 326 g/mol. The van der Waals surface area contributed by atoms with Gasteiger partial charge in [0.25, 0.3) is 5.91 Å². The van der Waals surface area contributed by atoms with E-state index in [1.807, 2.05) is 16.0 Å². The molecule has 0 unspecified atom stereocenters. The van der Waals surface area contributed by atoms with Crippen molar-refractivity contribution in [3.63, 3.8) is 0 Å². The van der Waals surface area contributed by atoms with Crippen LogP contribution in [0, 0.1) is 11.8 Å². The molecule has 1 N–H and O–H groups in total. The lowest BCUT2D eigenvalue weighted by atomic mass is 9.78. The summed E-state index contributed by atoms with van der Waals surface area (Å²) in [5.41, 5.74) is 0.655. The summed E-state index contributed by atoms with van der Waals surface area (Å²) in [7, 11) is 0. The Balaban J connectivity index is 1.43. The van der Waals surface area contributed by atoms with Crippen LogP contribution in [0.5, 0.6) is 0 Å². The standard InChI is InChI=1S/C17H23N3O3S/c1-11-4-3-5-14(12(11)2)19-15(21)10-23-16(22)8-13-9-20-6-7-24-17(20)18-13/h6-7,9,11-12,14H,3-5,8,10H2,1-2H3,(H,19,21)/t11-,12+,14-/m1/s1. The van der Waals surface area contributed by atoms with E-state index in [4.69, 9.17) is 4.74 Å². The van der Waals surface area contributed by atoms with Gasteiger partial charge in [-0.2, -0.15) is 0 Å². The van der Waals surface area contributed by atoms with Crippen LogP contribution in [-0.4, -0.2) is 33.9 Å². The maximum atomic E-state index is 12.0. The molecule has 0 saturated heterocycles. The fraction of sp³-hybridized carbons (Fsp3) is 0.588. The normalized spacial score (nSPS) is 24.0. The summed E-state index contributed by atoms with van der Waals surface area (Å²) in [5.74, 6) is 0.416. The van der Waals surface area contributed by atoms with E-state index in [0.29, 0.717) is 17.5 Å². The fourth-order valence-corrected chi connectivity index (χ4v) is 3.96. The maximum absolute atomic E-state index is 12.0. The minimum atomic E-state index is -0.430. The Morgan fingerprint density at radius 1 is 1.42 bits per heavy atom. The molecule has 1 aliphatic rings. The number of fused-ring (bicyclic) bond motifs is 1. The molecular formula is C17H23N3O3S. The van der Waals surface area contributed by atoms with Gasteiger partial charge in [-0.05, 0) is 18.3 Å². The SMILES string of the molecule is C[C@H]1[C@H](C)CCC[C@H]1NC(=O)COC(=O)Cc1cn2ccsc2n1. The minimum Gasteiger partial charge on any atom is -0.455 e. The molecule has 0 aliphatic heterocycles. The second-order valence-electron chi connectivity index (χ2n) is 6.60. The number of nitrogens with zero attached hydrogens (tertiary/aromatic N) is 2. The minimum absolute atomic E-state index is 0.0819. The van der Waals surface area contributed by atoms with E-state index in [2.05, 4.69) is 24.1 Å². The largest absolute Gasteiger partial charge is 0.455 e. The second kappa shape index (κ2) is 7.34. The molecule has 2 aromatic rings.